The number of nitrogens with zero attached hydrogens (tertiary/aromatic N) is 1. The van der Waals surface area contributed by atoms with E-state index in [0.29, 0.717) is 12.8 Å². The van der Waals surface area contributed by atoms with Crippen molar-refractivity contribution in [2.75, 3.05) is 12.8 Å². The van der Waals surface area contributed by atoms with E-state index in [1.165, 1.54) is 4.31 Å². The van der Waals surface area contributed by atoms with Gasteiger partial charge in [0.1, 0.15) is 0 Å². The molecular weight excluding hydrogens is 178 g/mol. The molecule has 72 valence electrons. The van der Waals surface area contributed by atoms with Crippen LogP contribution in [0.3, 0.4) is 0 Å². The molecule has 1 N–H and O–H groups in total. The standard InChI is InChI=1S/C7H15NO3S/c1-3-12(10,11)8(2)6-4-7(9)5-6/h6-7,9H,3-5H2,1-2H3. The molecule has 0 spiro atoms. The Hall–Kier alpha value is -0.130. The fraction of sp³-hybridized carbons (Fsp3) is 1.00. The largest absolute Gasteiger partial charge is 0.393 e. The summed E-state index contributed by atoms with van der Waals surface area (Å²) >= 11 is 0. The highest BCUT2D eigenvalue weighted by Crippen LogP contribution is 2.26. The van der Waals surface area contributed by atoms with Crippen molar-refractivity contribution in [2.24, 2.45) is 0 Å². The number of aliphatic hydroxyl groups excluding tert-OH is 1. The van der Waals surface area contributed by atoms with Crippen molar-refractivity contribution in [2.45, 2.75) is 31.9 Å². The van der Waals surface area contributed by atoms with Gasteiger partial charge < -0.3 is 5.11 Å². The van der Waals surface area contributed by atoms with Gasteiger partial charge in [-0.25, -0.2) is 12.7 Å². The predicted molar refractivity (Wildman–Crippen MR) is 46.3 cm³/mol. The minimum atomic E-state index is -3.06. The molecule has 0 radical (unpaired) electrons. The third-order valence-corrected chi connectivity index (χ3v) is 4.31. The van der Waals surface area contributed by atoms with Crippen LogP contribution in [0.25, 0.3) is 0 Å². The SMILES string of the molecule is CCS(=O)(=O)N(C)C1CC(O)C1. The highest BCUT2D eigenvalue weighted by atomic mass is 32.2. The van der Waals surface area contributed by atoms with Gasteiger partial charge in [0.05, 0.1) is 11.9 Å². The molecule has 1 saturated carbocycles. The summed E-state index contributed by atoms with van der Waals surface area (Å²) in [6.07, 6.45) is 0.857. The van der Waals surface area contributed by atoms with Crippen LogP contribution in [0.2, 0.25) is 0 Å². The van der Waals surface area contributed by atoms with Gasteiger partial charge in [-0.2, -0.15) is 0 Å². The fourth-order valence-corrected chi connectivity index (χ4v) is 2.32. The molecule has 0 bridgehead atoms. The normalized spacial score (nSPS) is 30.3. The molecule has 0 saturated heterocycles. The lowest BCUT2D eigenvalue weighted by Gasteiger charge is -2.37. The number of aliphatic hydroxyl groups is 1. The summed E-state index contributed by atoms with van der Waals surface area (Å²) in [7, 11) is -1.48. The van der Waals surface area contributed by atoms with Gasteiger partial charge >= 0.3 is 0 Å². The molecule has 0 amide bonds. The molecule has 5 heteroatoms. The first-order valence-electron chi connectivity index (χ1n) is 4.11. The average molecular weight is 193 g/mol. The van der Waals surface area contributed by atoms with Gasteiger partial charge in [0.2, 0.25) is 10.0 Å². The van der Waals surface area contributed by atoms with Gasteiger partial charge in [0, 0.05) is 13.1 Å². The Kier molecular flexibility index (Phi) is 2.75. The van der Waals surface area contributed by atoms with Crippen LogP contribution in [0.5, 0.6) is 0 Å². The zero-order valence-electron chi connectivity index (χ0n) is 7.40. The Morgan fingerprint density at radius 3 is 2.33 bits per heavy atom. The summed E-state index contributed by atoms with van der Waals surface area (Å²) in [5.74, 6) is 0.135. The number of sulfonamides is 1. The van der Waals surface area contributed by atoms with E-state index in [2.05, 4.69) is 0 Å². The van der Waals surface area contributed by atoms with E-state index in [1.807, 2.05) is 0 Å². The highest BCUT2D eigenvalue weighted by Gasteiger charge is 2.35. The number of hydrogen-bond acceptors (Lipinski definition) is 3. The molecule has 12 heavy (non-hydrogen) atoms. The molecule has 0 aliphatic heterocycles. The second-order valence-corrected chi connectivity index (χ2v) is 5.51. The minimum absolute atomic E-state index is 0.0185. The zero-order chi connectivity index (χ0) is 9.35. The monoisotopic (exact) mass is 193 g/mol. The number of hydrogen-bond donors (Lipinski definition) is 1. The Morgan fingerprint density at radius 2 is 2.00 bits per heavy atom. The first-order valence-corrected chi connectivity index (χ1v) is 5.72. The smallest absolute Gasteiger partial charge is 0.213 e. The fourth-order valence-electron chi connectivity index (χ4n) is 1.29. The van der Waals surface area contributed by atoms with Crippen LogP contribution in [0.4, 0.5) is 0 Å². The lowest BCUT2D eigenvalue weighted by Crippen LogP contribution is -2.48. The van der Waals surface area contributed by atoms with Gasteiger partial charge in [0.25, 0.3) is 0 Å². The van der Waals surface area contributed by atoms with E-state index in [4.69, 9.17) is 5.11 Å². The third-order valence-electron chi connectivity index (χ3n) is 2.41. The number of rotatable bonds is 3. The van der Waals surface area contributed by atoms with Crippen molar-refractivity contribution in [3.8, 4) is 0 Å². The second-order valence-electron chi connectivity index (χ2n) is 3.20. The molecule has 1 fully saturated rings. The van der Waals surface area contributed by atoms with E-state index >= 15 is 0 Å². The second kappa shape index (κ2) is 3.32. The van der Waals surface area contributed by atoms with Crippen molar-refractivity contribution in [3.05, 3.63) is 0 Å². The maximum atomic E-state index is 11.3. The van der Waals surface area contributed by atoms with Crippen LogP contribution in [0.15, 0.2) is 0 Å². The van der Waals surface area contributed by atoms with Crippen LogP contribution in [0.1, 0.15) is 19.8 Å². The Morgan fingerprint density at radius 1 is 1.50 bits per heavy atom. The van der Waals surface area contributed by atoms with E-state index in [0.717, 1.165) is 0 Å². The van der Waals surface area contributed by atoms with E-state index in [9.17, 15) is 8.42 Å². The van der Waals surface area contributed by atoms with Crippen LogP contribution in [0, 0.1) is 0 Å². The van der Waals surface area contributed by atoms with Crippen LogP contribution >= 0.6 is 0 Å². The molecule has 0 aromatic heterocycles. The maximum Gasteiger partial charge on any atom is 0.213 e. The molecule has 0 heterocycles. The van der Waals surface area contributed by atoms with Crippen molar-refractivity contribution in [3.63, 3.8) is 0 Å². The topological polar surface area (TPSA) is 57.6 Å². The molecule has 0 unspecified atom stereocenters. The summed E-state index contributed by atoms with van der Waals surface area (Å²) in [5, 5.41) is 8.98. The highest BCUT2D eigenvalue weighted by molar-refractivity contribution is 7.89. The molecule has 0 atom stereocenters. The minimum Gasteiger partial charge on any atom is -0.393 e. The lowest BCUT2D eigenvalue weighted by molar-refractivity contribution is 0.0396. The molecular formula is C7H15NO3S. The summed E-state index contributed by atoms with van der Waals surface area (Å²) < 4.78 is 23.9. The van der Waals surface area contributed by atoms with Crippen LogP contribution in [-0.4, -0.2) is 42.8 Å². The van der Waals surface area contributed by atoms with Gasteiger partial charge in [0.15, 0.2) is 0 Å². The van der Waals surface area contributed by atoms with Crippen LogP contribution in [-0.2, 0) is 10.0 Å². The first-order chi connectivity index (χ1) is 5.47. The summed E-state index contributed by atoms with van der Waals surface area (Å²) in [6.45, 7) is 1.63. The summed E-state index contributed by atoms with van der Waals surface area (Å²) in [5.41, 5.74) is 0. The molecule has 1 aliphatic carbocycles. The molecule has 0 aromatic carbocycles. The van der Waals surface area contributed by atoms with E-state index < -0.39 is 10.0 Å². The molecule has 4 nitrogen and oxygen atoms in total. The lowest BCUT2D eigenvalue weighted by atomic mass is 9.90. The quantitative estimate of drug-likeness (QED) is 0.675. The van der Waals surface area contributed by atoms with Crippen molar-refractivity contribution in [1.29, 1.82) is 0 Å². The zero-order valence-corrected chi connectivity index (χ0v) is 8.21. The van der Waals surface area contributed by atoms with Gasteiger partial charge in [-0.15, -0.1) is 0 Å². The van der Waals surface area contributed by atoms with Gasteiger partial charge in [-0.05, 0) is 19.8 Å². The van der Waals surface area contributed by atoms with Gasteiger partial charge in [-0.3, -0.25) is 0 Å². The van der Waals surface area contributed by atoms with Crippen molar-refractivity contribution >= 4 is 10.0 Å². The molecule has 0 aromatic rings. The predicted octanol–water partition coefficient (Wildman–Crippen LogP) is -0.209. The first kappa shape index (κ1) is 9.95. The summed E-state index contributed by atoms with van der Waals surface area (Å²) in [6, 6.07) is 0.0185. The van der Waals surface area contributed by atoms with E-state index in [1.54, 1.807) is 14.0 Å². The average Bonchev–Trinajstić information content (AvgIpc) is 1.97. The third kappa shape index (κ3) is 1.78. The van der Waals surface area contributed by atoms with Gasteiger partial charge in [-0.1, -0.05) is 0 Å². The Labute approximate surface area is 73.2 Å². The van der Waals surface area contributed by atoms with Crippen LogP contribution < -0.4 is 0 Å². The molecule has 1 aliphatic rings. The summed E-state index contributed by atoms with van der Waals surface area (Å²) in [4.78, 5) is 0. The Bertz CT molecular complexity index is 243. The van der Waals surface area contributed by atoms with Crippen molar-refractivity contribution < 1.29 is 13.5 Å². The Balaban J connectivity index is 2.54. The van der Waals surface area contributed by atoms with Crippen molar-refractivity contribution in [1.82, 2.24) is 4.31 Å². The maximum absolute atomic E-state index is 11.3. The molecule has 1 rings (SSSR count). The van der Waals surface area contributed by atoms with E-state index in [-0.39, 0.29) is 17.9 Å².